The number of hydrogen-bond acceptors (Lipinski definition) is 7. The van der Waals surface area contributed by atoms with Crippen molar-refractivity contribution in [3.8, 4) is 0 Å². The van der Waals surface area contributed by atoms with Crippen molar-refractivity contribution in [1.82, 2.24) is 9.88 Å². The van der Waals surface area contributed by atoms with E-state index in [1.807, 2.05) is 0 Å². The molecule has 2 aromatic rings. The first kappa shape index (κ1) is 21.3. The topological polar surface area (TPSA) is 77.8 Å². The summed E-state index contributed by atoms with van der Waals surface area (Å²) in [4.78, 5) is 22.0. The number of nitro groups is 1. The summed E-state index contributed by atoms with van der Waals surface area (Å²) in [5.74, 6) is 0.469. The molecule has 8 nitrogen and oxygen atoms in total. The predicted molar refractivity (Wildman–Crippen MR) is 121 cm³/mol. The van der Waals surface area contributed by atoms with Crippen LogP contribution in [0.25, 0.3) is 0 Å². The van der Waals surface area contributed by atoms with Gasteiger partial charge in [-0.3, -0.25) is 10.1 Å². The maximum atomic E-state index is 14.9. The van der Waals surface area contributed by atoms with Crippen LogP contribution >= 0.6 is 0 Å². The van der Waals surface area contributed by atoms with Crippen LogP contribution in [0.4, 0.5) is 33.1 Å². The second kappa shape index (κ2) is 9.05. The van der Waals surface area contributed by atoms with Gasteiger partial charge in [0.15, 0.2) is 0 Å². The van der Waals surface area contributed by atoms with E-state index in [0.29, 0.717) is 23.2 Å². The molecule has 31 heavy (non-hydrogen) atoms. The number of anilines is 4. The second-order valence-electron chi connectivity index (χ2n) is 8.41. The number of nitrogens with one attached hydrogen (secondary N) is 1. The van der Waals surface area contributed by atoms with Crippen LogP contribution in [0, 0.1) is 15.9 Å². The summed E-state index contributed by atoms with van der Waals surface area (Å²) in [7, 11) is 2.07. The van der Waals surface area contributed by atoms with E-state index >= 15 is 0 Å². The lowest BCUT2D eigenvalue weighted by Crippen LogP contribution is -2.44. The van der Waals surface area contributed by atoms with E-state index in [1.54, 1.807) is 18.2 Å². The van der Waals surface area contributed by atoms with Crippen molar-refractivity contribution < 1.29 is 9.31 Å². The maximum absolute atomic E-state index is 14.9. The lowest BCUT2D eigenvalue weighted by Gasteiger charge is -2.35. The van der Waals surface area contributed by atoms with Gasteiger partial charge in [-0.2, -0.15) is 0 Å². The molecule has 1 atom stereocenters. The molecule has 2 aliphatic heterocycles. The van der Waals surface area contributed by atoms with Crippen molar-refractivity contribution in [3.63, 3.8) is 0 Å². The highest BCUT2D eigenvalue weighted by Gasteiger charge is 2.23. The smallest absolute Gasteiger partial charge is 0.311 e. The molecule has 3 heterocycles. The van der Waals surface area contributed by atoms with Crippen LogP contribution in [0.2, 0.25) is 0 Å². The molecule has 1 aromatic heterocycles. The number of piperidine rings is 1. The molecular weight excluding hydrogens is 399 g/mol. The average Bonchev–Trinajstić information content (AvgIpc) is 2.75. The third-order valence-corrected chi connectivity index (χ3v) is 6.21. The summed E-state index contributed by atoms with van der Waals surface area (Å²) in [6.45, 7) is 6.37. The molecule has 0 spiro atoms. The molecule has 1 unspecified atom stereocenters. The second-order valence-corrected chi connectivity index (χ2v) is 8.41. The first-order chi connectivity index (χ1) is 14.9. The lowest BCUT2D eigenvalue weighted by molar-refractivity contribution is -0.384. The van der Waals surface area contributed by atoms with Gasteiger partial charge in [0.25, 0.3) is 0 Å². The summed E-state index contributed by atoms with van der Waals surface area (Å²) >= 11 is 0. The van der Waals surface area contributed by atoms with E-state index < -0.39 is 4.92 Å². The van der Waals surface area contributed by atoms with Crippen molar-refractivity contribution in [2.75, 3.05) is 54.9 Å². The van der Waals surface area contributed by atoms with Gasteiger partial charge in [-0.15, -0.1) is 0 Å². The number of halogens is 1. The van der Waals surface area contributed by atoms with Crippen LogP contribution in [-0.4, -0.2) is 60.6 Å². The van der Waals surface area contributed by atoms with Crippen molar-refractivity contribution in [2.45, 2.75) is 32.2 Å². The minimum atomic E-state index is -0.469. The minimum Gasteiger partial charge on any atom is -0.366 e. The predicted octanol–water partition coefficient (Wildman–Crippen LogP) is 4.00. The van der Waals surface area contributed by atoms with E-state index in [2.05, 4.69) is 39.0 Å². The first-order valence-corrected chi connectivity index (χ1v) is 10.8. The summed E-state index contributed by atoms with van der Waals surface area (Å²) in [6, 6.07) is 8.33. The summed E-state index contributed by atoms with van der Waals surface area (Å²) in [6.07, 6.45) is 3.27. The average molecular weight is 429 g/mol. The van der Waals surface area contributed by atoms with Gasteiger partial charge in [0.2, 0.25) is 5.82 Å². The number of hydrogen-bond donors (Lipinski definition) is 1. The van der Waals surface area contributed by atoms with Gasteiger partial charge < -0.3 is 20.0 Å². The molecule has 4 rings (SSSR count). The Bertz CT molecular complexity index is 948. The minimum absolute atomic E-state index is 0.125. The Balaban J connectivity index is 1.58. The molecule has 2 fully saturated rings. The Morgan fingerprint density at radius 2 is 1.90 bits per heavy atom. The van der Waals surface area contributed by atoms with Gasteiger partial charge >= 0.3 is 5.69 Å². The number of aromatic nitrogens is 1. The highest BCUT2D eigenvalue weighted by atomic mass is 19.1. The zero-order valence-corrected chi connectivity index (χ0v) is 18.1. The fraction of sp³-hybridized carbons (Fsp3) is 0.500. The lowest BCUT2D eigenvalue weighted by atomic mass is 10.0. The quantitative estimate of drug-likeness (QED) is 0.570. The normalized spacial score (nSPS) is 20.0. The SMILES string of the molecule is CC1CCCCN1c1ccc(Nc2nc(N3CCN(C)CC3)ccc2[N+](=O)[O-])cc1F. The first-order valence-electron chi connectivity index (χ1n) is 10.8. The number of benzene rings is 1. The van der Waals surface area contributed by atoms with E-state index in [0.717, 1.165) is 52.0 Å². The van der Waals surface area contributed by atoms with Gasteiger partial charge in [0.1, 0.15) is 11.6 Å². The van der Waals surface area contributed by atoms with Crippen molar-refractivity contribution >= 4 is 28.7 Å². The number of likely N-dealkylation sites (N-methyl/N-ethyl adjacent to an activating group) is 1. The summed E-state index contributed by atoms with van der Waals surface area (Å²) < 4.78 is 14.9. The highest BCUT2D eigenvalue weighted by Crippen LogP contribution is 2.32. The Morgan fingerprint density at radius 3 is 2.58 bits per heavy atom. The zero-order valence-electron chi connectivity index (χ0n) is 18.1. The Labute approximate surface area is 181 Å². The van der Waals surface area contributed by atoms with Crippen molar-refractivity contribution in [2.24, 2.45) is 0 Å². The van der Waals surface area contributed by atoms with E-state index in [1.165, 1.54) is 12.1 Å². The molecule has 0 amide bonds. The van der Waals surface area contributed by atoms with Crippen LogP contribution in [0.15, 0.2) is 30.3 Å². The van der Waals surface area contributed by atoms with E-state index in [4.69, 9.17) is 0 Å². The Hall–Kier alpha value is -2.94. The number of nitrogens with zero attached hydrogens (tertiary/aromatic N) is 5. The van der Waals surface area contributed by atoms with E-state index in [9.17, 15) is 14.5 Å². The molecule has 0 aliphatic carbocycles. The third kappa shape index (κ3) is 4.71. The van der Waals surface area contributed by atoms with Gasteiger partial charge in [-0.25, -0.2) is 9.37 Å². The molecule has 0 saturated carbocycles. The van der Waals surface area contributed by atoms with E-state index in [-0.39, 0.29) is 17.3 Å². The molecule has 9 heteroatoms. The zero-order chi connectivity index (χ0) is 22.0. The van der Waals surface area contributed by atoms with Gasteiger partial charge in [-0.05, 0) is 57.5 Å². The molecule has 1 aromatic carbocycles. The largest absolute Gasteiger partial charge is 0.366 e. The van der Waals surface area contributed by atoms with Crippen LogP contribution in [-0.2, 0) is 0 Å². The summed E-state index contributed by atoms with van der Waals surface area (Å²) in [5, 5.41) is 14.5. The maximum Gasteiger partial charge on any atom is 0.311 e. The number of piperazine rings is 1. The third-order valence-electron chi connectivity index (χ3n) is 6.21. The van der Waals surface area contributed by atoms with Crippen molar-refractivity contribution in [1.29, 1.82) is 0 Å². The molecular formula is C22H29FN6O2. The van der Waals surface area contributed by atoms with Gasteiger partial charge in [0.05, 0.1) is 10.6 Å². The summed E-state index contributed by atoms with van der Waals surface area (Å²) in [5.41, 5.74) is 0.885. The standard InChI is InChI=1S/C22H29FN6O2/c1-16-5-3-4-10-28(16)19-7-6-17(15-18(19)23)24-22-20(29(30)31)8-9-21(25-22)27-13-11-26(2)12-14-27/h6-9,15-16H,3-5,10-14H2,1-2H3,(H,24,25). The van der Waals surface area contributed by atoms with Crippen LogP contribution in [0.3, 0.4) is 0 Å². The van der Waals surface area contributed by atoms with Crippen LogP contribution in [0.5, 0.6) is 0 Å². The monoisotopic (exact) mass is 428 g/mol. The molecule has 0 bridgehead atoms. The molecule has 2 aliphatic rings. The van der Waals surface area contributed by atoms with Crippen molar-refractivity contribution in [3.05, 3.63) is 46.3 Å². The van der Waals surface area contributed by atoms with Gasteiger partial charge in [0, 0.05) is 50.5 Å². The highest BCUT2D eigenvalue weighted by molar-refractivity contribution is 5.69. The molecule has 1 N–H and O–H groups in total. The van der Waals surface area contributed by atoms with Crippen LogP contribution in [0.1, 0.15) is 26.2 Å². The number of pyridine rings is 1. The Kier molecular flexibility index (Phi) is 6.22. The van der Waals surface area contributed by atoms with Gasteiger partial charge in [-0.1, -0.05) is 0 Å². The molecule has 0 radical (unpaired) electrons. The molecule has 166 valence electrons. The Morgan fingerprint density at radius 1 is 1.13 bits per heavy atom. The molecule has 2 saturated heterocycles. The fourth-order valence-corrected chi connectivity index (χ4v) is 4.30. The number of rotatable bonds is 5. The fourth-order valence-electron chi connectivity index (χ4n) is 4.30. The van der Waals surface area contributed by atoms with Crippen LogP contribution < -0.4 is 15.1 Å².